The predicted molar refractivity (Wildman–Crippen MR) is 57.3 cm³/mol. The van der Waals surface area contributed by atoms with E-state index in [9.17, 15) is 4.79 Å². The van der Waals surface area contributed by atoms with Crippen LogP contribution in [0.2, 0.25) is 0 Å². The van der Waals surface area contributed by atoms with Gasteiger partial charge in [-0.15, -0.1) is 0 Å². The summed E-state index contributed by atoms with van der Waals surface area (Å²) in [6, 6.07) is 0.510. The van der Waals surface area contributed by atoms with E-state index in [1.54, 1.807) is 0 Å². The zero-order valence-electron chi connectivity index (χ0n) is 9.55. The standard InChI is InChI=1S/C10H21N3O/c1-10(2,3)12-9(14)13-6-5-8(7-13)11-4/h8,11H,5-7H2,1-4H3,(H,12,14). The monoisotopic (exact) mass is 199 g/mol. The van der Waals surface area contributed by atoms with Gasteiger partial charge in [0.05, 0.1) is 0 Å². The molecule has 4 nitrogen and oxygen atoms in total. The van der Waals surface area contributed by atoms with Crippen molar-refractivity contribution in [1.29, 1.82) is 0 Å². The Hall–Kier alpha value is -0.770. The highest BCUT2D eigenvalue weighted by atomic mass is 16.2. The molecule has 0 aromatic rings. The number of nitrogens with one attached hydrogen (secondary N) is 2. The predicted octanol–water partition coefficient (Wildman–Crippen LogP) is 0.788. The Bertz CT molecular complexity index is 210. The van der Waals surface area contributed by atoms with Crippen LogP contribution in [0.15, 0.2) is 0 Å². The molecule has 0 saturated carbocycles. The zero-order valence-corrected chi connectivity index (χ0v) is 9.55. The smallest absolute Gasteiger partial charge is 0.317 e. The van der Waals surface area contributed by atoms with Gasteiger partial charge >= 0.3 is 6.03 Å². The molecule has 1 unspecified atom stereocenters. The van der Waals surface area contributed by atoms with Crippen molar-refractivity contribution >= 4 is 6.03 Å². The molecular formula is C10H21N3O. The van der Waals surface area contributed by atoms with E-state index in [2.05, 4.69) is 10.6 Å². The Kier molecular flexibility index (Phi) is 3.37. The van der Waals surface area contributed by atoms with Crippen molar-refractivity contribution < 1.29 is 4.79 Å². The van der Waals surface area contributed by atoms with Gasteiger partial charge in [0.25, 0.3) is 0 Å². The quantitative estimate of drug-likeness (QED) is 0.655. The van der Waals surface area contributed by atoms with E-state index < -0.39 is 0 Å². The molecular weight excluding hydrogens is 178 g/mol. The summed E-state index contributed by atoms with van der Waals surface area (Å²) >= 11 is 0. The Morgan fingerprint density at radius 1 is 1.43 bits per heavy atom. The molecule has 1 rings (SSSR count). The Morgan fingerprint density at radius 2 is 2.07 bits per heavy atom. The number of amides is 2. The van der Waals surface area contributed by atoms with E-state index in [-0.39, 0.29) is 11.6 Å². The van der Waals surface area contributed by atoms with Crippen molar-refractivity contribution in [3.05, 3.63) is 0 Å². The molecule has 0 radical (unpaired) electrons. The zero-order chi connectivity index (χ0) is 10.8. The lowest BCUT2D eigenvalue weighted by Gasteiger charge is -2.25. The van der Waals surface area contributed by atoms with Gasteiger partial charge in [0.2, 0.25) is 0 Å². The molecule has 4 heteroatoms. The summed E-state index contributed by atoms with van der Waals surface area (Å²) in [6.45, 7) is 7.66. The van der Waals surface area contributed by atoms with Crippen LogP contribution in [0.3, 0.4) is 0 Å². The molecule has 14 heavy (non-hydrogen) atoms. The summed E-state index contributed by atoms with van der Waals surface area (Å²) in [5.41, 5.74) is -0.144. The molecule has 82 valence electrons. The van der Waals surface area contributed by atoms with Gasteiger partial charge in [-0.25, -0.2) is 4.79 Å². The van der Waals surface area contributed by atoms with Gasteiger partial charge in [-0.2, -0.15) is 0 Å². The number of rotatable bonds is 1. The third kappa shape index (κ3) is 3.18. The third-order valence-corrected chi connectivity index (χ3v) is 2.37. The minimum absolute atomic E-state index is 0.0512. The fourth-order valence-corrected chi connectivity index (χ4v) is 1.58. The molecule has 1 heterocycles. The molecule has 1 aliphatic rings. The number of likely N-dealkylation sites (N-methyl/N-ethyl adjacent to an activating group) is 1. The van der Waals surface area contributed by atoms with Crippen molar-refractivity contribution in [3.8, 4) is 0 Å². The molecule has 0 bridgehead atoms. The second kappa shape index (κ2) is 4.17. The van der Waals surface area contributed by atoms with E-state index in [1.165, 1.54) is 0 Å². The largest absolute Gasteiger partial charge is 0.333 e. The topological polar surface area (TPSA) is 44.4 Å². The van der Waals surface area contributed by atoms with Gasteiger partial charge in [-0.3, -0.25) is 0 Å². The van der Waals surface area contributed by atoms with Crippen molar-refractivity contribution in [2.75, 3.05) is 20.1 Å². The van der Waals surface area contributed by atoms with Gasteiger partial charge in [0, 0.05) is 24.7 Å². The van der Waals surface area contributed by atoms with Crippen molar-refractivity contribution in [2.24, 2.45) is 0 Å². The van der Waals surface area contributed by atoms with Crippen LogP contribution in [0.5, 0.6) is 0 Å². The van der Waals surface area contributed by atoms with Gasteiger partial charge < -0.3 is 15.5 Å². The first kappa shape index (κ1) is 11.3. The first-order chi connectivity index (χ1) is 6.42. The summed E-state index contributed by atoms with van der Waals surface area (Å²) in [4.78, 5) is 13.6. The summed E-state index contributed by atoms with van der Waals surface area (Å²) < 4.78 is 0. The average Bonchev–Trinajstić information content (AvgIpc) is 2.48. The number of carbonyl (C=O) groups is 1. The third-order valence-electron chi connectivity index (χ3n) is 2.37. The van der Waals surface area contributed by atoms with Gasteiger partial charge in [0.1, 0.15) is 0 Å². The molecule has 1 aliphatic heterocycles. The highest BCUT2D eigenvalue weighted by molar-refractivity contribution is 5.75. The summed E-state index contributed by atoms with van der Waals surface area (Å²) in [7, 11) is 1.94. The number of urea groups is 1. The van der Waals surface area contributed by atoms with Crippen LogP contribution in [0, 0.1) is 0 Å². The first-order valence-corrected chi connectivity index (χ1v) is 5.17. The molecule has 0 aromatic heterocycles. The van der Waals surface area contributed by atoms with Crippen molar-refractivity contribution in [1.82, 2.24) is 15.5 Å². The summed E-state index contributed by atoms with van der Waals surface area (Å²) in [6.07, 6.45) is 1.05. The lowest BCUT2D eigenvalue weighted by Crippen LogP contribution is -2.48. The maximum Gasteiger partial charge on any atom is 0.317 e. The van der Waals surface area contributed by atoms with Gasteiger partial charge in [0.15, 0.2) is 0 Å². The molecule has 1 atom stereocenters. The molecule has 1 saturated heterocycles. The van der Waals surface area contributed by atoms with E-state index in [0.29, 0.717) is 6.04 Å². The number of hydrogen-bond donors (Lipinski definition) is 2. The van der Waals surface area contributed by atoms with Crippen LogP contribution < -0.4 is 10.6 Å². The van der Waals surface area contributed by atoms with Crippen LogP contribution in [0.4, 0.5) is 4.79 Å². The average molecular weight is 199 g/mol. The van der Waals surface area contributed by atoms with Gasteiger partial charge in [-0.1, -0.05) is 0 Å². The highest BCUT2D eigenvalue weighted by Gasteiger charge is 2.26. The first-order valence-electron chi connectivity index (χ1n) is 5.17. The van der Waals surface area contributed by atoms with Crippen LogP contribution in [0.25, 0.3) is 0 Å². The summed E-state index contributed by atoms with van der Waals surface area (Å²) in [5.74, 6) is 0. The Balaban J connectivity index is 2.40. The SMILES string of the molecule is CNC1CCN(C(=O)NC(C)(C)C)C1. The Morgan fingerprint density at radius 3 is 2.50 bits per heavy atom. The normalized spacial score (nSPS) is 22.6. The summed E-state index contributed by atoms with van der Waals surface area (Å²) in [5, 5.41) is 6.15. The maximum absolute atomic E-state index is 11.7. The van der Waals surface area contributed by atoms with Crippen LogP contribution in [-0.4, -0.2) is 42.6 Å². The van der Waals surface area contributed by atoms with Gasteiger partial charge in [-0.05, 0) is 34.2 Å². The molecule has 0 aliphatic carbocycles. The second-order valence-corrected chi connectivity index (χ2v) is 4.90. The molecule has 1 fully saturated rings. The van der Waals surface area contributed by atoms with E-state index in [0.717, 1.165) is 19.5 Å². The molecule has 0 aromatic carbocycles. The molecule has 2 amide bonds. The lowest BCUT2D eigenvalue weighted by molar-refractivity contribution is 0.198. The molecule has 0 spiro atoms. The van der Waals surface area contributed by atoms with Crippen molar-refractivity contribution in [2.45, 2.75) is 38.8 Å². The lowest BCUT2D eigenvalue weighted by atomic mass is 10.1. The fourth-order valence-electron chi connectivity index (χ4n) is 1.58. The van der Waals surface area contributed by atoms with Crippen LogP contribution in [0.1, 0.15) is 27.2 Å². The van der Waals surface area contributed by atoms with E-state index in [1.807, 2.05) is 32.7 Å². The number of nitrogens with zero attached hydrogens (tertiary/aromatic N) is 1. The van der Waals surface area contributed by atoms with Crippen molar-refractivity contribution in [3.63, 3.8) is 0 Å². The fraction of sp³-hybridized carbons (Fsp3) is 0.900. The Labute approximate surface area is 86.0 Å². The number of hydrogen-bond acceptors (Lipinski definition) is 2. The van der Waals surface area contributed by atoms with Crippen LogP contribution >= 0.6 is 0 Å². The highest BCUT2D eigenvalue weighted by Crippen LogP contribution is 2.10. The number of carbonyl (C=O) groups excluding carboxylic acids is 1. The molecule has 2 N–H and O–H groups in total. The van der Waals surface area contributed by atoms with E-state index in [4.69, 9.17) is 0 Å². The minimum atomic E-state index is -0.144. The van der Waals surface area contributed by atoms with E-state index >= 15 is 0 Å². The second-order valence-electron chi connectivity index (χ2n) is 4.90. The van der Waals surface area contributed by atoms with Crippen LogP contribution in [-0.2, 0) is 0 Å². The number of likely N-dealkylation sites (tertiary alicyclic amines) is 1. The minimum Gasteiger partial charge on any atom is -0.333 e. The maximum atomic E-state index is 11.7.